The number of nitrogens with zero attached hydrogens (tertiary/aromatic N) is 1. The fraction of sp³-hybridized carbons (Fsp3) is 0.0500. The van der Waals surface area contributed by atoms with Crippen molar-refractivity contribution in [3.05, 3.63) is 78.5 Å². The molecule has 0 saturated heterocycles. The highest BCUT2D eigenvalue weighted by Gasteiger charge is 2.11. The second-order valence-corrected chi connectivity index (χ2v) is 6.41. The van der Waals surface area contributed by atoms with Crippen molar-refractivity contribution >= 4 is 21.4 Å². The molecule has 0 fully saturated rings. The molecule has 0 bridgehead atoms. The molecule has 0 spiro atoms. The summed E-state index contributed by atoms with van der Waals surface area (Å²) in [5, 5.41) is 1.25. The van der Waals surface area contributed by atoms with Gasteiger partial charge in [-0.15, -0.1) is 11.3 Å². The maximum atomic E-state index is 4.65. The second kappa shape index (κ2) is 5.39. The first-order valence-corrected chi connectivity index (χ1v) is 8.14. The van der Waals surface area contributed by atoms with Gasteiger partial charge in [0, 0.05) is 26.7 Å². The number of fused-ring (bicyclic) bond motifs is 1. The van der Waals surface area contributed by atoms with Gasteiger partial charge in [-0.1, -0.05) is 60.7 Å². The van der Waals surface area contributed by atoms with Crippen LogP contribution in [0.2, 0.25) is 0 Å². The fourth-order valence-corrected chi connectivity index (χ4v) is 3.97. The Bertz CT molecular complexity index is 924. The number of aryl methyl sites for hydroxylation is 1. The lowest BCUT2D eigenvalue weighted by atomic mass is 10.1. The first kappa shape index (κ1) is 13.2. The van der Waals surface area contributed by atoms with Crippen LogP contribution in [0, 0.1) is 6.92 Å². The highest BCUT2D eigenvalue weighted by Crippen LogP contribution is 2.38. The van der Waals surface area contributed by atoms with E-state index in [1.54, 1.807) is 0 Å². The third kappa shape index (κ3) is 2.22. The Labute approximate surface area is 133 Å². The smallest absolute Gasteiger partial charge is 0.0716 e. The monoisotopic (exact) mass is 301 g/mol. The normalized spacial score (nSPS) is 11.0. The van der Waals surface area contributed by atoms with E-state index in [1.165, 1.54) is 26.1 Å². The quantitative estimate of drug-likeness (QED) is 0.446. The largest absolute Gasteiger partial charge is 0.256 e. The van der Waals surface area contributed by atoms with E-state index in [0.29, 0.717) is 0 Å². The number of hydrogen-bond donors (Lipinski definition) is 0. The van der Waals surface area contributed by atoms with Crippen LogP contribution in [0.1, 0.15) is 5.56 Å². The molecule has 0 unspecified atom stereocenters. The maximum absolute atomic E-state index is 4.65. The van der Waals surface area contributed by atoms with Crippen LogP contribution in [0.4, 0.5) is 0 Å². The third-order valence-electron chi connectivity index (χ3n) is 3.93. The first-order chi connectivity index (χ1) is 10.8. The topological polar surface area (TPSA) is 12.9 Å². The summed E-state index contributed by atoms with van der Waals surface area (Å²) < 4.78 is 1.30. The van der Waals surface area contributed by atoms with Crippen molar-refractivity contribution in [2.75, 3.05) is 0 Å². The Morgan fingerprint density at radius 3 is 2.14 bits per heavy atom. The number of pyridine rings is 1. The molecule has 0 N–H and O–H groups in total. The molecule has 0 atom stereocenters. The van der Waals surface area contributed by atoms with E-state index >= 15 is 0 Å². The van der Waals surface area contributed by atoms with Crippen LogP contribution in [-0.2, 0) is 0 Å². The van der Waals surface area contributed by atoms with Gasteiger partial charge in [0.15, 0.2) is 0 Å². The van der Waals surface area contributed by atoms with Gasteiger partial charge in [0.1, 0.15) is 0 Å². The van der Waals surface area contributed by atoms with E-state index in [1.807, 2.05) is 23.6 Å². The van der Waals surface area contributed by atoms with Crippen molar-refractivity contribution in [3.8, 4) is 21.7 Å². The Hall–Kier alpha value is -2.45. The molecule has 1 nitrogen and oxygen atoms in total. The van der Waals surface area contributed by atoms with Crippen LogP contribution in [0.5, 0.6) is 0 Å². The minimum Gasteiger partial charge on any atom is -0.256 e. The predicted octanol–water partition coefficient (Wildman–Crippen LogP) is 5.94. The molecule has 106 valence electrons. The van der Waals surface area contributed by atoms with E-state index in [0.717, 1.165) is 11.3 Å². The summed E-state index contributed by atoms with van der Waals surface area (Å²) >= 11 is 1.85. The predicted molar refractivity (Wildman–Crippen MR) is 95.2 cm³/mol. The van der Waals surface area contributed by atoms with E-state index in [-0.39, 0.29) is 0 Å². The van der Waals surface area contributed by atoms with Crippen molar-refractivity contribution in [1.82, 2.24) is 4.98 Å². The minimum atomic E-state index is 1.04. The summed E-state index contributed by atoms with van der Waals surface area (Å²) in [6.07, 6.45) is 2.01. The van der Waals surface area contributed by atoms with Crippen molar-refractivity contribution in [3.63, 3.8) is 0 Å². The Morgan fingerprint density at radius 1 is 0.818 bits per heavy atom. The molecule has 0 aliphatic heterocycles. The van der Waals surface area contributed by atoms with E-state index in [4.69, 9.17) is 0 Å². The molecule has 0 amide bonds. The van der Waals surface area contributed by atoms with Gasteiger partial charge in [-0.25, -0.2) is 0 Å². The Morgan fingerprint density at radius 2 is 1.45 bits per heavy atom. The third-order valence-corrected chi connectivity index (χ3v) is 5.23. The average molecular weight is 301 g/mol. The maximum Gasteiger partial charge on any atom is 0.0716 e. The molecule has 0 radical (unpaired) electrons. The molecule has 2 aromatic carbocycles. The van der Waals surface area contributed by atoms with Gasteiger partial charge in [0.05, 0.1) is 5.69 Å². The fourth-order valence-electron chi connectivity index (χ4n) is 2.74. The van der Waals surface area contributed by atoms with Gasteiger partial charge in [-0.2, -0.15) is 0 Å². The molecule has 2 heteroatoms. The number of thiophene rings is 1. The van der Waals surface area contributed by atoms with Crippen molar-refractivity contribution < 1.29 is 0 Å². The summed E-state index contributed by atoms with van der Waals surface area (Å²) in [5.74, 6) is 0. The SMILES string of the molecule is Cc1c(-c2ccccc2)sc2cc(-c3ccccc3)ncc12. The molecule has 0 aliphatic carbocycles. The summed E-state index contributed by atoms with van der Waals surface area (Å²) in [6, 6.07) is 23.1. The molecule has 0 saturated carbocycles. The van der Waals surface area contributed by atoms with Gasteiger partial charge < -0.3 is 0 Å². The van der Waals surface area contributed by atoms with Crippen LogP contribution in [0.3, 0.4) is 0 Å². The van der Waals surface area contributed by atoms with Gasteiger partial charge >= 0.3 is 0 Å². The van der Waals surface area contributed by atoms with Crippen molar-refractivity contribution in [2.45, 2.75) is 6.92 Å². The molecule has 4 rings (SSSR count). The van der Waals surface area contributed by atoms with Gasteiger partial charge in [0.25, 0.3) is 0 Å². The summed E-state index contributed by atoms with van der Waals surface area (Å²) in [7, 11) is 0. The lowest BCUT2D eigenvalue weighted by molar-refractivity contribution is 1.35. The van der Waals surface area contributed by atoms with Crippen molar-refractivity contribution in [1.29, 1.82) is 0 Å². The van der Waals surface area contributed by atoms with Gasteiger partial charge in [-0.05, 0) is 24.1 Å². The minimum absolute atomic E-state index is 1.04. The van der Waals surface area contributed by atoms with Crippen LogP contribution < -0.4 is 0 Å². The zero-order valence-corrected chi connectivity index (χ0v) is 13.1. The molecule has 2 heterocycles. The van der Waals surface area contributed by atoms with Crippen LogP contribution in [-0.4, -0.2) is 4.98 Å². The van der Waals surface area contributed by atoms with Crippen LogP contribution in [0.25, 0.3) is 31.8 Å². The standard InChI is InChI=1S/C20H15NS/c1-14-17-13-21-18(15-8-4-2-5-9-15)12-19(17)22-20(14)16-10-6-3-7-11-16/h2-13H,1H3. The van der Waals surface area contributed by atoms with E-state index < -0.39 is 0 Å². The zero-order valence-electron chi connectivity index (χ0n) is 12.3. The highest BCUT2D eigenvalue weighted by molar-refractivity contribution is 7.22. The van der Waals surface area contributed by atoms with E-state index in [9.17, 15) is 0 Å². The van der Waals surface area contributed by atoms with Gasteiger partial charge in [-0.3, -0.25) is 4.98 Å². The summed E-state index contributed by atoms with van der Waals surface area (Å²) in [6.45, 7) is 2.19. The van der Waals surface area contributed by atoms with Gasteiger partial charge in [0.2, 0.25) is 0 Å². The highest BCUT2D eigenvalue weighted by atomic mass is 32.1. The zero-order chi connectivity index (χ0) is 14.9. The lowest BCUT2D eigenvalue weighted by Crippen LogP contribution is -1.82. The molecule has 2 aromatic heterocycles. The second-order valence-electron chi connectivity index (χ2n) is 5.35. The molecule has 4 aromatic rings. The summed E-state index contributed by atoms with van der Waals surface area (Å²) in [4.78, 5) is 5.99. The molecule has 0 aliphatic rings. The van der Waals surface area contributed by atoms with Crippen molar-refractivity contribution in [2.24, 2.45) is 0 Å². The number of rotatable bonds is 2. The van der Waals surface area contributed by atoms with Crippen LogP contribution >= 0.6 is 11.3 Å². The van der Waals surface area contributed by atoms with Crippen LogP contribution in [0.15, 0.2) is 72.9 Å². The Kier molecular flexibility index (Phi) is 3.24. The lowest BCUT2D eigenvalue weighted by Gasteiger charge is -2.00. The molecular weight excluding hydrogens is 286 g/mol. The first-order valence-electron chi connectivity index (χ1n) is 7.33. The molecular formula is C20H15NS. The summed E-state index contributed by atoms with van der Waals surface area (Å²) in [5.41, 5.74) is 4.80. The Balaban J connectivity index is 1.88. The number of benzene rings is 2. The average Bonchev–Trinajstić information content (AvgIpc) is 2.93. The molecule has 22 heavy (non-hydrogen) atoms. The van der Waals surface area contributed by atoms with E-state index in [2.05, 4.69) is 72.6 Å². The number of aromatic nitrogens is 1. The number of hydrogen-bond acceptors (Lipinski definition) is 2.